The predicted octanol–water partition coefficient (Wildman–Crippen LogP) is 5.56. The van der Waals surface area contributed by atoms with E-state index in [4.69, 9.17) is 23.2 Å². The number of rotatable bonds is 12. The zero-order chi connectivity index (χ0) is 22.3. The van der Waals surface area contributed by atoms with Gasteiger partial charge in [-0.25, -0.2) is 9.59 Å². The van der Waals surface area contributed by atoms with Crippen molar-refractivity contribution in [2.24, 2.45) is 0 Å². The molecule has 0 aliphatic heterocycles. The molecular formula is C23H30Cl2N4O2. The fourth-order valence-electron chi connectivity index (χ4n) is 2.84. The van der Waals surface area contributed by atoms with Gasteiger partial charge in [-0.3, -0.25) is 0 Å². The van der Waals surface area contributed by atoms with Crippen LogP contribution in [0.2, 0.25) is 0 Å². The molecule has 0 radical (unpaired) electrons. The number of urea groups is 2. The van der Waals surface area contributed by atoms with E-state index >= 15 is 0 Å². The van der Waals surface area contributed by atoms with Gasteiger partial charge >= 0.3 is 12.1 Å². The van der Waals surface area contributed by atoms with Crippen molar-refractivity contribution >= 4 is 46.6 Å². The second-order valence-electron chi connectivity index (χ2n) is 7.12. The van der Waals surface area contributed by atoms with Crippen LogP contribution in [-0.4, -0.2) is 36.9 Å². The molecule has 6 nitrogen and oxygen atoms in total. The maximum absolute atomic E-state index is 11.9. The number of halogens is 2. The molecule has 0 fully saturated rings. The zero-order valence-electron chi connectivity index (χ0n) is 17.6. The van der Waals surface area contributed by atoms with Gasteiger partial charge in [0, 0.05) is 36.2 Å². The Morgan fingerprint density at radius 2 is 1.00 bits per heavy atom. The Morgan fingerprint density at radius 3 is 1.35 bits per heavy atom. The lowest BCUT2D eigenvalue weighted by atomic mass is 10.0. The van der Waals surface area contributed by atoms with Crippen LogP contribution in [0.15, 0.2) is 48.5 Å². The first-order valence-corrected chi connectivity index (χ1v) is 11.6. The van der Waals surface area contributed by atoms with Crippen molar-refractivity contribution < 1.29 is 9.59 Å². The Morgan fingerprint density at radius 1 is 0.613 bits per heavy atom. The molecule has 0 saturated heterocycles. The summed E-state index contributed by atoms with van der Waals surface area (Å²) in [7, 11) is 0. The van der Waals surface area contributed by atoms with E-state index in [0.717, 1.165) is 54.6 Å². The number of hydrogen-bond acceptors (Lipinski definition) is 2. The molecule has 4 N–H and O–H groups in total. The van der Waals surface area contributed by atoms with Crippen LogP contribution in [0.3, 0.4) is 0 Å². The minimum absolute atomic E-state index is 0.214. The van der Waals surface area contributed by atoms with Crippen LogP contribution in [0, 0.1) is 0 Å². The predicted molar refractivity (Wildman–Crippen MR) is 130 cm³/mol. The van der Waals surface area contributed by atoms with Crippen LogP contribution in [0.1, 0.15) is 36.8 Å². The van der Waals surface area contributed by atoms with Gasteiger partial charge in [0.15, 0.2) is 0 Å². The molecule has 2 aromatic rings. The molecule has 2 rings (SSSR count). The summed E-state index contributed by atoms with van der Waals surface area (Å²) < 4.78 is 0. The monoisotopic (exact) mass is 464 g/mol. The molecule has 31 heavy (non-hydrogen) atoms. The summed E-state index contributed by atoms with van der Waals surface area (Å²) in [5, 5.41) is 11.3. The van der Waals surface area contributed by atoms with Gasteiger partial charge in [0.25, 0.3) is 0 Å². The van der Waals surface area contributed by atoms with Gasteiger partial charge in [-0.05, 0) is 67.5 Å². The molecule has 0 heterocycles. The third-order valence-electron chi connectivity index (χ3n) is 4.52. The maximum Gasteiger partial charge on any atom is 0.319 e. The molecule has 2 aromatic carbocycles. The first-order chi connectivity index (χ1) is 15.1. The van der Waals surface area contributed by atoms with Crippen LogP contribution < -0.4 is 21.3 Å². The summed E-state index contributed by atoms with van der Waals surface area (Å²) in [4.78, 5) is 23.7. The number of amides is 4. The summed E-state index contributed by atoms with van der Waals surface area (Å²) in [5.74, 6) is 1.21. The number of carbonyl (C=O) groups excluding carboxylic acids is 2. The van der Waals surface area contributed by atoms with Gasteiger partial charge in [-0.15, -0.1) is 23.2 Å². The smallest absolute Gasteiger partial charge is 0.319 e. The second kappa shape index (κ2) is 14.5. The van der Waals surface area contributed by atoms with Crippen LogP contribution in [-0.2, 0) is 6.42 Å². The molecule has 0 saturated carbocycles. The van der Waals surface area contributed by atoms with Crippen LogP contribution in [0.5, 0.6) is 0 Å². The quantitative estimate of drug-likeness (QED) is 0.245. The summed E-state index contributed by atoms with van der Waals surface area (Å²) >= 11 is 11.2. The number of anilines is 2. The fourth-order valence-corrected chi connectivity index (χ4v) is 3.22. The van der Waals surface area contributed by atoms with Crippen molar-refractivity contribution in [2.45, 2.75) is 32.1 Å². The minimum Gasteiger partial charge on any atom is -0.338 e. The Hall–Kier alpha value is -2.44. The van der Waals surface area contributed by atoms with Gasteiger partial charge in [-0.1, -0.05) is 24.3 Å². The normalized spacial score (nSPS) is 10.4. The van der Waals surface area contributed by atoms with E-state index in [-0.39, 0.29) is 12.1 Å². The van der Waals surface area contributed by atoms with Crippen molar-refractivity contribution in [3.63, 3.8) is 0 Å². The lowest BCUT2D eigenvalue weighted by Crippen LogP contribution is -2.29. The third-order valence-corrected chi connectivity index (χ3v) is 5.06. The fraction of sp³-hybridized carbons (Fsp3) is 0.391. The number of benzene rings is 2. The van der Waals surface area contributed by atoms with Gasteiger partial charge < -0.3 is 21.3 Å². The topological polar surface area (TPSA) is 82.3 Å². The lowest BCUT2D eigenvalue weighted by molar-refractivity contribution is 0.251. The lowest BCUT2D eigenvalue weighted by Gasteiger charge is -2.09. The Balaban J connectivity index is 1.76. The standard InChI is InChI=1S/C23H30Cl2N4O2/c24-13-1-3-15-26-22(30)28-20-9-5-18(6-10-20)17-19-7-11-21(12-8-19)29-23(31)27-16-4-2-14-25/h5-12H,1-4,13-17H2,(H2,26,28,30)(H2,27,29,31). The molecule has 0 bridgehead atoms. The number of hydrogen-bond donors (Lipinski definition) is 4. The largest absolute Gasteiger partial charge is 0.338 e. The second-order valence-corrected chi connectivity index (χ2v) is 7.88. The van der Waals surface area contributed by atoms with Gasteiger partial charge in [0.05, 0.1) is 0 Å². The van der Waals surface area contributed by atoms with E-state index in [1.165, 1.54) is 0 Å². The van der Waals surface area contributed by atoms with Crippen LogP contribution in [0.25, 0.3) is 0 Å². The Bertz CT molecular complexity index is 731. The summed E-state index contributed by atoms with van der Waals surface area (Å²) in [6.45, 7) is 1.22. The number of nitrogens with one attached hydrogen (secondary N) is 4. The highest BCUT2D eigenvalue weighted by Gasteiger charge is 2.04. The molecule has 0 atom stereocenters. The van der Waals surface area contributed by atoms with Crippen molar-refractivity contribution in [3.05, 3.63) is 59.7 Å². The van der Waals surface area contributed by atoms with Gasteiger partial charge in [-0.2, -0.15) is 0 Å². The maximum atomic E-state index is 11.9. The van der Waals surface area contributed by atoms with E-state index in [2.05, 4.69) is 21.3 Å². The Kier molecular flexibility index (Phi) is 11.6. The highest BCUT2D eigenvalue weighted by Crippen LogP contribution is 2.16. The minimum atomic E-state index is -0.214. The van der Waals surface area contributed by atoms with Crippen molar-refractivity contribution in [1.29, 1.82) is 0 Å². The number of unbranched alkanes of at least 4 members (excludes halogenated alkanes) is 2. The molecule has 8 heteroatoms. The van der Waals surface area contributed by atoms with Gasteiger partial charge in [0.1, 0.15) is 0 Å². The molecule has 4 amide bonds. The van der Waals surface area contributed by atoms with E-state index in [1.54, 1.807) is 0 Å². The van der Waals surface area contributed by atoms with Crippen LogP contribution >= 0.6 is 23.2 Å². The molecular weight excluding hydrogens is 435 g/mol. The first kappa shape index (κ1) is 24.8. The molecule has 168 valence electrons. The van der Waals surface area contributed by atoms with Crippen LogP contribution in [0.4, 0.5) is 21.0 Å². The summed E-state index contributed by atoms with van der Waals surface area (Å²) in [6, 6.07) is 15.1. The molecule has 0 spiro atoms. The molecule has 0 aliphatic rings. The summed E-state index contributed by atoms with van der Waals surface area (Å²) in [5.41, 5.74) is 3.75. The van der Waals surface area contributed by atoms with E-state index in [0.29, 0.717) is 24.8 Å². The zero-order valence-corrected chi connectivity index (χ0v) is 19.1. The van der Waals surface area contributed by atoms with E-state index in [1.807, 2.05) is 48.5 Å². The molecule has 0 unspecified atom stereocenters. The number of carbonyl (C=O) groups is 2. The molecule has 0 aliphatic carbocycles. The average molecular weight is 465 g/mol. The van der Waals surface area contributed by atoms with E-state index < -0.39 is 0 Å². The summed E-state index contributed by atoms with van der Waals surface area (Å²) in [6.07, 6.45) is 4.26. The molecule has 0 aromatic heterocycles. The number of alkyl halides is 2. The van der Waals surface area contributed by atoms with Gasteiger partial charge in [0.2, 0.25) is 0 Å². The third kappa shape index (κ3) is 10.4. The van der Waals surface area contributed by atoms with Crippen molar-refractivity contribution in [2.75, 3.05) is 35.5 Å². The Labute approximate surface area is 194 Å². The van der Waals surface area contributed by atoms with E-state index in [9.17, 15) is 9.59 Å². The first-order valence-electron chi connectivity index (χ1n) is 10.5. The van der Waals surface area contributed by atoms with Crippen molar-refractivity contribution in [3.8, 4) is 0 Å². The SMILES string of the molecule is O=C(NCCCCCl)Nc1ccc(Cc2ccc(NC(=O)NCCCCCl)cc2)cc1. The highest BCUT2D eigenvalue weighted by atomic mass is 35.5. The average Bonchev–Trinajstić information content (AvgIpc) is 2.77. The highest BCUT2D eigenvalue weighted by molar-refractivity contribution is 6.18. The van der Waals surface area contributed by atoms with Crippen molar-refractivity contribution in [1.82, 2.24) is 10.6 Å².